The molecule has 3 rings (SSSR count). The first kappa shape index (κ1) is 24.1. The van der Waals surface area contributed by atoms with Gasteiger partial charge in [0.25, 0.3) is 10.2 Å². The summed E-state index contributed by atoms with van der Waals surface area (Å²) in [4.78, 5) is 18.3. The van der Waals surface area contributed by atoms with Crippen molar-refractivity contribution in [3.63, 3.8) is 0 Å². The first-order valence-electron chi connectivity index (χ1n) is 10.3. The van der Waals surface area contributed by atoms with Gasteiger partial charge in [-0.05, 0) is 36.8 Å². The molecule has 1 saturated heterocycles. The monoisotopic (exact) mass is 464 g/mol. The highest BCUT2D eigenvalue weighted by atomic mass is 32.2. The first-order chi connectivity index (χ1) is 15.1. The smallest absolute Gasteiger partial charge is 0.319 e. The highest BCUT2D eigenvalue weighted by molar-refractivity contribution is 7.86. The lowest BCUT2D eigenvalue weighted by Crippen LogP contribution is -2.51. The standard InChI is InChI=1S/C21H29FN6O3S/c1-16-4-6-19(14-23-16)25-21(29)24-13-18-12-17(5-7-20(18)22)15-27-8-10-28(11-9-27)32(30,31)26(2)3/h4-7,12,14H,8-11,13,15H2,1-3H3,(H2,24,25,29). The minimum Gasteiger partial charge on any atom is -0.334 e. The van der Waals surface area contributed by atoms with Crippen LogP contribution in [0.4, 0.5) is 14.9 Å². The Morgan fingerprint density at radius 3 is 2.50 bits per heavy atom. The van der Waals surface area contributed by atoms with Gasteiger partial charge in [-0.2, -0.15) is 17.0 Å². The zero-order valence-corrected chi connectivity index (χ0v) is 19.3. The van der Waals surface area contributed by atoms with Crippen LogP contribution in [-0.2, 0) is 23.3 Å². The zero-order chi connectivity index (χ0) is 23.3. The van der Waals surface area contributed by atoms with Gasteiger partial charge in [0.15, 0.2) is 0 Å². The maximum Gasteiger partial charge on any atom is 0.319 e. The molecule has 2 N–H and O–H groups in total. The summed E-state index contributed by atoms with van der Waals surface area (Å²) in [6.07, 6.45) is 1.56. The molecule has 2 amide bonds. The van der Waals surface area contributed by atoms with Crippen molar-refractivity contribution < 1.29 is 17.6 Å². The first-order valence-corrected chi connectivity index (χ1v) is 11.7. The van der Waals surface area contributed by atoms with Crippen molar-refractivity contribution in [1.82, 2.24) is 23.8 Å². The number of pyridine rings is 1. The summed E-state index contributed by atoms with van der Waals surface area (Å²) in [5.74, 6) is -0.395. The van der Waals surface area contributed by atoms with E-state index in [4.69, 9.17) is 0 Å². The van der Waals surface area contributed by atoms with Crippen LogP contribution in [0, 0.1) is 12.7 Å². The van der Waals surface area contributed by atoms with Crippen LogP contribution < -0.4 is 10.6 Å². The van der Waals surface area contributed by atoms with Gasteiger partial charge in [0.1, 0.15) is 5.82 Å². The number of halogens is 1. The second-order valence-electron chi connectivity index (χ2n) is 7.89. The number of nitrogens with zero attached hydrogens (tertiary/aromatic N) is 4. The topological polar surface area (TPSA) is 97.9 Å². The van der Waals surface area contributed by atoms with Crippen molar-refractivity contribution in [3.8, 4) is 0 Å². The van der Waals surface area contributed by atoms with Crippen LogP contribution in [0.3, 0.4) is 0 Å². The van der Waals surface area contributed by atoms with Crippen LogP contribution >= 0.6 is 0 Å². The maximum absolute atomic E-state index is 14.3. The van der Waals surface area contributed by atoms with Gasteiger partial charge in [0, 0.05) is 64.6 Å². The molecule has 1 fully saturated rings. The number of rotatable bonds is 7. The Morgan fingerprint density at radius 1 is 1.16 bits per heavy atom. The molecule has 0 unspecified atom stereocenters. The number of benzene rings is 1. The summed E-state index contributed by atoms with van der Waals surface area (Å²) in [5, 5.41) is 5.32. The van der Waals surface area contributed by atoms with E-state index in [1.54, 1.807) is 30.5 Å². The molecule has 2 aromatic rings. The fourth-order valence-electron chi connectivity index (χ4n) is 3.36. The number of aryl methyl sites for hydroxylation is 1. The van der Waals surface area contributed by atoms with Crippen molar-refractivity contribution in [3.05, 3.63) is 59.2 Å². The normalized spacial score (nSPS) is 15.7. The number of nitrogens with one attached hydrogen (secondary N) is 2. The number of hydrogen-bond acceptors (Lipinski definition) is 5. The van der Waals surface area contributed by atoms with E-state index in [0.717, 1.165) is 11.3 Å². The van der Waals surface area contributed by atoms with Crippen LogP contribution in [0.1, 0.15) is 16.8 Å². The average Bonchev–Trinajstić information content (AvgIpc) is 2.76. The minimum atomic E-state index is -3.41. The van der Waals surface area contributed by atoms with Gasteiger partial charge >= 0.3 is 6.03 Å². The van der Waals surface area contributed by atoms with Gasteiger partial charge in [0.05, 0.1) is 11.9 Å². The van der Waals surface area contributed by atoms with Gasteiger partial charge in [0.2, 0.25) is 0 Å². The van der Waals surface area contributed by atoms with Crippen LogP contribution in [0.25, 0.3) is 0 Å². The third-order valence-corrected chi connectivity index (χ3v) is 7.18. The highest BCUT2D eigenvalue weighted by Crippen LogP contribution is 2.16. The van der Waals surface area contributed by atoms with Gasteiger partial charge < -0.3 is 10.6 Å². The van der Waals surface area contributed by atoms with Gasteiger partial charge in [-0.15, -0.1) is 0 Å². The number of amides is 2. The van der Waals surface area contributed by atoms with E-state index in [2.05, 4.69) is 20.5 Å². The van der Waals surface area contributed by atoms with E-state index in [-0.39, 0.29) is 6.54 Å². The van der Waals surface area contributed by atoms with Crippen LogP contribution in [0.15, 0.2) is 36.5 Å². The van der Waals surface area contributed by atoms with Crippen molar-refractivity contribution in [1.29, 1.82) is 0 Å². The van der Waals surface area contributed by atoms with Crippen molar-refractivity contribution in [2.45, 2.75) is 20.0 Å². The lowest BCUT2D eigenvalue weighted by molar-refractivity contribution is 0.177. The molecular formula is C21H29FN6O3S. The van der Waals surface area contributed by atoms with Crippen LogP contribution in [-0.4, -0.2) is 73.2 Å². The molecule has 9 nitrogen and oxygen atoms in total. The van der Waals surface area contributed by atoms with Gasteiger partial charge in [-0.3, -0.25) is 9.88 Å². The van der Waals surface area contributed by atoms with E-state index < -0.39 is 22.1 Å². The zero-order valence-electron chi connectivity index (χ0n) is 18.5. The number of carbonyl (C=O) groups is 1. The molecule has 0 saturated carbocycles. The summed E-state index contributed by atoms with van der Waals surface area (Å²) in [5.41, 5.74) is 2.68. The molecule has 0 spiro atoms. The Hall–Kier alpha value is -2.60. The van der Waals surface area contributed by atoms with Crippen LogP contribution in [0.5, 0.6) is 0 Å². The molecule has 1 aliphatic heterocycles. The van der Waals surface area contributed by atoms with Crippen LogP contribution in [0.2, 0.25) is 0 Å². The number of piperazine rings is 1. The largest absolute Gasteiger partial charge is 0.334 e. The molecule has 0 bridgehead atoms. The van der Waals surface area contributed by atoms with E-state index in [0.29, 0.717) is 44.0 Å². The Kier molecular flexibility index (Phi) is 7.77. The highest BCUT2D eigenvalue weighted by Gasteiger charge is 2.28. The van der Waals surface area contributed by atoms with Crippen molar-refractivity contribution in [2.75, 3.05) is 45.6 Å². The Balaban J connectivity index is 1.53. The molecule has 32 heavy (non-hydrogen) atoms. The molecule has 0 radical (unpaired) electrons. The van der Waals surface area contributed by atoms with E-state index in [9.17, 15) is 17.6 Å². The predicted octanol–water partition coefficient (Wildman–Crippen LogP) is 1.77. The molecule has 174 valence electrons. The molecule has 0 aliphatic carbocycles. The summed E-state index contributed by atoms with van der Waals surface area (Å²) in [7, 11) is -0.365. The third-order valence-electron chi connectivity index (χ3n) is 5.24. The average molecular weight is 465 g/mol. The number of urea groups is 1. The summed E-state index contributed by atoms with van der Waals surface area (Å²) in [6, 6.07) is 7.91. The van der Waals surface area contributed by atoms with E-state index in [1.165, 1.54) is 28.8 Å². The molecule has 0 atom stereocenters. The molecular weight excluding hydrogens is 435 g/mol. The molecule has 1 aliphatic rings. The Labute approximate surface area is 188 Å². The lowest BCUT2D eigenvalue weighted by atomic mass is 10.1. The molecule has 1 aromatic carbocycles. The second-order valence-corrected chi connectivity index (χ2v) is 10.0. The Morgan fingerprint density at radius 2 is 1.88 bits per heavy atom. The maximum atomic E-state index is 14.3. The molecule has 2 heterocycles. The molecule has 11 heteroatoms. The number of carbonyl (C=O) groups excluding carboxylic acids is 1. The van der Waals surface area contributed by atoms with E-state index >= 15 is 0 Å². The molecule has 1 aromatic heterocycles. The van der Waals surface area contributed by atoms with Gasteiger partial charge in [-0.1, -0.05) is 6.07 Å². The van der Waals surface area contributed by atoms with Crippen molar-refractivity contribution in [2.24, 2.45) is 0 Å². The Bertz CT molecular complexity index is 1040. The quantitative estimate of drug-likeness (QED) is 0.651. The van der Waals surface area contributed by atoms with E-state index in [1.807, 2.05) is 6.92 Å². The fraction of sp³-hybridized carbons (Fsp3) is 0.429. The summed E-state index contributed by atoms with van der Waals surface area (Å²) < 4.78 is 41.4. The predicted molar refractivity (Wildman–Crippen MR) is 121 cm³/mol. The lowest BCUT2D eigenvalue weighted by Gasteiger charge is -2.35. The number of aromatic nitrogens is 1. The number of anilines is 1. The summed E-state index contributed by atoms with van der Waals surface area (Å²) >= 11 is 0. The van der Waals surface area contributed by atoms with Crippen molar-refractivity contribution >= 4 is 21.9 Å². The SMILES string of the molecule is Cc1ccc(NC(=O)NCc2cc(CN3CCN(S(=O)(=O)N(C)C)CC3)ccc2F)cn1. The minimum absolute atomic E-state index is 0.0413. The number of hydrogen-bond donors (Lipinski definition) is 2. The summed E-state index contributed by atoms with van der Waals surface area (Å²) in [6.45, 7) is 4.46. The second kappa shape index (κ2) is 10.3. The van der Waals surface area contributed by atoms with Gasteiger partial charge in [-0.25, -0.2) is 9.18 Å². The third kappa shape index (κ3) is 6.22. The fourth-order valence-corrected chi connectivity index (χ4v) is 4.45.